The van der Waals surface area contributed by atoms with Gasteiger partial charge in [0.25, 0.3) is 0 Å². The van der Waals surface area contributed by atoms with E-state index in [4.69, 9.17) is 4.74 Å². The van der Waals surface area contributed by atoms with Gasteiger partial charge in [-0.25, -0.2) is 0 Å². The fourth-order valence-electron chi connectivity index (χ4n) is 15.8. The average Bonchev–Trinajstić information content (AvgIpc) is 0.822. The topological polar surface area (TPSA) is 31.0 Å². The maximum atomic E-state index is 5.10. The van der Waals surface area contributed by atoms with E-state index in [0.717, 1.165) is 69.2 Å². The number of anilines is 5. The first kappa shape index (κ1) is 113. The molecule has 14 aromatic carbocycles. The molecule has 0 unspecified atom stereocenters. The predicted octanol–water partition coefficient (Wildman–Crippen LogP) is 35.7. The van der Waals surface area contributed by atoms with Gasteiger partial charge in [0, 0.05) is 67.7 Å². The molecule has 0 radical (unpaired) electrons. The minimum atomic E-state index is 0.648. The van der Waals surface area contributed by atoms with Crippen LogP contribution in [0.3, 0.4) is 0 Å². The number of nitrogens with zero attached hydrogens (tertiary/aromatic N) is 3. The Morgan fingerprint density at radius 1 is 0.286 bits per heavy atom. The summed E-state index contributed by atoms with van der Waals surface area (Å²) < 4.78 is 5.10. The number of methoxy groups -OCH3 is 1. The van der Waals surface area contributed by atoms with Crippen LogP contribution < -0.4 is 24.8 Å². The van der Waals surface area contributed by atoms with Gasteiger partial charge in [-0.1, -0.05) is 355 Å². The zero-order chi connectivity index (χ0) is 98.3. The molecule has 14 rings (SSSR count). The van der Waals surface area contributed by atoms with Crippen LogP contribution >= 0.6 is 0 Å². The van der Waals surface area contributed by atoms with Gasteiger partial charge in [0.15, 0.2) is 0 Å². The number of fused-ring (bicyclic) bond motifs is 2. The second kappa shape index (κ2) is 62.8. The Balaban J connectivity index is 0.000000307. The zero-order valence-electron chi connectivity index (χ0n) is 87.1. The quantitative estimate of drug-likeness (QED) is 0.0645. The molecule has 704 valence electrons. The highest BCUT2D eigenvalue weighted by atomic mass is 16.5. The van der Waals surface area contributed by atoms with Crippen molar-refractivity contribution in [2.24, 2.45) is 0 Å². The van der Waals surface area contributed by atoms with Gasteiger partial charge >= 0.3 is 0 Å². The van der Waals surface area contributed by atoms with Crippen LogP contribution in [0.4, 0.5) is 28.4 Å². The minimum absolute atomic E-state index is 0.648. The lowest BCUT2D eigenvalue weighted by Crippen LogP contribution is -2.25. The van der Waals surface area contributed by atoms with Gasteiger partial charge in [-0.3, -0.25) is 0 Å². The van der Waals surface area contributed by atoms with E-state index in [-0.39, 0.29) is 0 Å². The molecule has 0 fully saturated rings. The van der Waals surface area contributed by atoms with Gasteiger partial charge in [-0.15, -0.1) is 26.3 Å². The summed E-state index contributed by atoms with van der Waals surface area (Å²) in [6, 6.07) is 101. The lowest BCUT2D eigenvalue weighted by Gasteiger charge is -2.25. The SMILES string of the molecule is C=CCN(CC=C)c1cc(C)ccc1C.C=CCN(CC=C)c1ccc(C)cc1C.CCCN(CCC)c1ccc(C)cc1C.CCCc1ccc(C)cc1.CCc1ccc(C)cc1.CCc1cccc(C)c1.COc1ccc(C)cc1C.Cc1cc(C)cc(Nc2ccccc2)c1.Cc1ccc(C)c(C(C)C)c1.Cc1cccc2c(C)cccc12.Cc1cccc2cccc(C)c12. The maximum absolute atomic E-state index is 5.10. The highest BCUT2D eigenvalue weighted by molar-refractivity contribution is 5.89. The Labute approximate surface area is 809 Å². The van der Waals surface area contributed by atoms with Gasteiger partial charge in [0.05, 0.1) is 7.11 Å². The van der Waals surface area contributed by atoms with E-state index in [1.165, 1.54) is 192 Å². The second-order valence-electron chi connectivity index (χ2n) is 35.6. The van der Waals surface area contributed by atoms with Crippen LogP contribution in [-0.4, -0.2) is 46.4 Å². The van der Waals surface area contributed by atoms with Crippen molar-refractivity contribution in [3.63, 3.8) is 0 Å². The molecule has 0 spiro atoms. The van der Waals surface area contributed by atoms with Crippen molar-refractivity contribution in [3.8, 4) is 5.75 Å². The van der Waals surface area contributed by atoms with E-state index in [1.807, 2.05) is 61.6 Å². The number of rotatable bonds is 23. The van der Waals surface area contributed by atoms with E-state index in [9.17, 15) is 0 Å². The number of aryl methyl sites for hydroxylation is 22. The molecule has 0 aliphatic rings. The number of ether oxygens (including phenoxy) is 1. The third kappa shape index (κ3) is 42.3. The Bertz CT molecular complexity index is 5600. The number of benzene rings is 14. The van der Waals surface area contributed by atoms with Crippen LogP contribution in [0.1, 0.15) is 202 Å². The Morgan fingerprint density at radius 2 is 0.684 bits per heavy atom. The summed E-state index contributed by atoms with van der Waals surface area (Å²) in [5.41, 5.74) is 37.2. The zero-order valence-corrected chi connectivity index (χ0v) is 87.1. The molecular weight excluding hydrogens is 1610 g/mol. The van der Waals surface area contributed by atoms with Crippen molar-refractivity contribution in [3.05, 3.63) is 464 Å². The summed E-state index contributed by atoms with van der Waals surface area (Å²) >= 11 is 0. The molecule has 5 heteroatoms. The summed E-state index contributed by atoms with van der Waals surface area (Å²) in [5.74, 6) is 1.61. The molecule has 14 aromatic rings. The molecule has 0 atom stereocenters. The summed E-state index contributed by atoms with van der Waals surface area (Å²) in [5, 5.41) is 8.88. The molecule has 0 aliphatic carbocycles. The van der Waals surface area contributed by atoms with Crippen molar-refractivity contribution in [1.82, 2.24) is 0 Å². The van der Waals surface area contributed by atoms with Gasteiger partial charge in [0.1, 0.15) is 5.75 Å². The van der Waals surface area contributed by atoms with Crippen LogP contribution in [0.25, 0.3) is 21.5 Å². The highest BCUT2D eigenvalue weighted by Crippen LogP contribution is 2.28. The van der Waals surface area contributed by atoms with Crippen molar-refractivity contribution in [1.29, 1.82) is 0 Å². The van der Waals surface area contributed by atoms with E-state index < -0.39 is 0 Å². The van der Waals surface area contributed by atoms with Gasteiger partial charge < -0.3 is 24.8 Å². The number of para-hydroxylation sites is 1. The lowest BCUT2D eigenvalue weighted by molar-refractivity contribution is 0.411. The van der Waals surface area contributed by atoms with Crippen LogP contribution in [0, 0.1) is 132 Å². The van der Waals surface area contributed by atoms with E-state index in [2.05, 4.69) is 474 Å². The van der Waals surface area contributed by atoms with Crippen LogP contribution in [0.2, 0.25) is 0 Å². The fourth-order valence-corrected chi connectivity index (χ4v) is 15.8. The Morgan fingerprint density at radius 3 is 1.10 bits per heavy atom. The van der Waals surface area contributed by atoms with Crippen molar-refractivity contribution in [2.75, 3.05) is 66.4 Å². The Kier molecular flexibility index (Phi) is 53.3. The molecule has 5 nitrogen and oxygen atoms in total. The molecule has 0 bridgehead atoms. The third-order valence-corrected chi connectivity index (χ3v) is 22.7. The van der Waals surface area contributed by atoms with Crippen LogP contribution in [0.5, 0.6) is 5.75 Å². The standard InChI is InChI=1S/C14H15N.C14H23N.2C14H19N.2C12H12.C11H16.C10H14.C9H12O.2C9H12/c1-11-8-12(2)10-14(9-11)15-13-6-4-3-5-7-13;2*1-5-9-15(10-6-2)14-8-7-12(3)11-13(14)4;1-5-9-15(10-6-2)14-11-12(3)7-8-13(14)4;1-9-5-3-8-12-10(2)6-4-7-11(9)12;1-9-5-3-7-11-8-4-6-10(2)12(9)11;1-8(2)11-7-9(3)5-6-10(11)4;1-3-4-10-7-5-9(2)6-8-10;1-7-4-5-9(10-3)8(2)6-7;1-3-9-6-4-8(2)5-7-9;1-3-9-6-4-5-8(2)7-9/h3-10,15H,1-2H3;7-8,11H,5-6,9-10H2,1-4H3;2*5-8,11H,1-2,9-10H2,3-4H3;2*3-8H,1-2H3;5-8H,1-4H3;5-8H,3-4H2,1-2H3;4-6H,1-3H3;2*4-7H,3H2,1-2H3. The molecule has 0 aromatic heterocycles. The minimum Gasteiger partial charge on any atom is -0.496 e. The Hall–Kier alpha value is -12.4. The summed E-state index contributed by atoms with van der Waals surface area (Å²) in [4.78, 5) is 7.02. The summed E-state index contributed by atoms with van der Waals surface area (Å²) in [6.07, 6.45) is 14.8. The maximum Gasteiger partial charge on any atom is 0.121 e. The molecule has 1 N–H and O–H groups in total. The van der Waals surface area contributed by atoms with Gasteiger partial charge in [0.2, 0.25) is 0 Å². The first-order chi connectivity index (χ1) is 63.7. The van der Waals surface area contributed by atoms with Crippen molar-refractivity contribution >= 4 is 50.0 Å². The van der Waals surface area contributed by atoms with Crippen LogP contribution in [0.15, 0.2) is 336 Å². The molecular formula is C128H166N4O. The van der Waals surface area contributed by atoms with Crippen LogP contribution in [-0.2, 0) is 19.3 Å². The highest BCUT2D eigenvalue weighted by Gasteiger charge is 2.11. The molecule has 0 saturated carbocycles. The first-order valence-corrected chi connectivity index (χ1v) is 48.3. The molecule has 0 aliphatic heterocycles. The molecule has 0 heterocycles. The molecule has 0 saturated heterocycles. The largest absolute Gasteiger partial charge is 0.496 e. The normalized spacial score (nSPS) is 10.0. The van der Waals surface area contributed by atoms with Crippen molar-refractivity contribution < 1.29 is 4.74 Å². The number of nitrogens with one attached hydrogen (secondary N) is 1. The number of hydrogen-bond donors (Lipinski definition) is 1. The van der Waals surface area contributed by atoms with Gasteiger partial charge in [-0.05, 0) is 329 Å². The lowest BCUT2D eigenvalue weighted by atomic mass is 9.96. The predicted molar refractivity (Wildman–Crippen MR) is 597 cm³/mol. The first-order valence-electron chi connectivity index (χ1n) is 48.3. The van der Waals surface area contributed by atoms with Crippen molar-refractivity contribution in [2.45, 2.75) is 224 Å². The van der Waals surface area contributed by atoms with E-state index in [1.54, 1.807) is 7.11 Å². The average molecular weight is 1780 g/mol. The van der Waals surface area contributed by atoms with Gasteiger partial charge in [-0.2, -0.15) is 0 Å². The third-order valence-electron chi connectivity index (χ3n) is 22.7. The smallest absolute Gasteiger partial charge is 0.121 e. The van der Waals surface area contributed by atoms with E-state index >= 15 is 0 Å². The summed E-state index contributed by atoms with van der Waals surface area (Å²) in [7, 11) is 1.69. The van der Waals surface area contributed by atoms with E-state index in [0.29, 0.717) is 5.92 Å². The summed E-state index contributed by atoms with van der Waals surface area (Å²) in [6.45, 7) is 76.9. The molecule has 0 amide bonds. The second-order valence-corrected chi connectivity index (χ2v) is 35.6. The fraction of sp³-hybridized carbons (Fsp3) is 0.312. The molecule has 133 heavy (non-hydrogen) atoms. The monoisotopic (exact) mass is 1780 g/mol. The number of hydrogen-bond acceptors (Lipinski definition) is 5.